The average Bonchev–Trinajstić information content (AvgIpc) is 2.69. The highest BCUT2D eigenvalue weighted by Crippen LogP contribution is 2.28. The Morgan fingerprint density at radius 2 is 1.57 bits per heavy atom. The summed E-state index contributed by atoms with van der Waals surface area (Å²) in [6.07, 6.45) is -1.69. The lowest BCUT2D eigenvalue weighted by atomic mass is 10.2. The van der Waals surface area contributed by atoms with Crippen LogP contribution < -0.4 is 10.2 Å². The lowest BCUT2D eigenvalue weighted by Gasteiger charge is -2.28. The Labute approximate surface area is 205 Å². The summed E-state index contributed by atoms with van der Waals surface area (Å²) >= 11 is 0. The highest BCUT2D eigenvalue weighted by molar-refractivity contribution is 5.88. The predicted octanol–water partition coefficient (Wildman–Crippen LogP) is 5.47. The quantitative estimate of drug-likeness (QED) is 0.416. The summed E-state index contributed by atoms with van der Waals surface area (Å²) in [5.41, 5.74) is -0.767. The molecule has 11 nitrogen and oxygen atoms in total. The van der Waals surface area contributed by atoms with Crippen molar-refractivity contribution in [3.63, 3.8) is 0 Å². The van der Waals surface area contributed by atoms with Gasteiger partial charge in [0.2, 0.25) is 5.82 Å². The number of nitrogens with zero attached hydrogens (tertiary/aromatic N) is 4. The Kier molecular flexibility index (Phi) is 8.27. The summed E-state index contributed by atoms with van der Waals surface area (Å²) in [6.45, 7) is 10.1. The first-order valence-electron chi connectivity index (χ1n) is 11.0. The van der Waals surface area contributed by atoms with Crippen LogP contribution in [0.5, 0.6) is 0 Å². The van der Waals surface area contributed by atoms with Crippen molar-refractivity contribution in [1.82, 2.24) is 9.88 Å². The number of hydrogen-bond acceptors (Lipinski definition) is 9. The molecule has 35 heavy (non-hydrogen) atoms. The smallest absolute Gasteiger partial charge is 0.420 e. The number of imide groups is 1. The first-order chi connectivity index (χ1) is 16.1. The maximum atomic E-state index is 12.8. The van der Waals surface area contributed by atoms with Crippen molar-refractivity contribution in [2.45, 2.75) is 59.3 Å². The van der Waals surface area contributed by atoms with Crippen molar-refractivity contribution >= 4 is 35.2 Å². The van der Waals surface area contributed by atoms with E-state index < -0.39 is 28.3 Å². The molecule has 2 aromatic rings. The third kappa shape index (κ3) is 8.43. The zero-order valence-electron chi connectivity index (χ0n) is 21.4. The van der Waals surface area contributed by atoms with Gasteiger partial charge in [0.25, 0.3) is 0 Å². The molecule has 0 fully saturated rings. The fourth-order valence-corrected chi connectivity index (χ4v) is 2.83. The summed E-state index contributed by atoms with van der Waals surface area (Å²) in [5.74, 6) is 0.602. The van der Waals surface area contributed by atoms with E-state index in [1.807, 2.05) is 0 Å². The molecule has 0 saturated heterocycles. The fourth-order valence-electron chi connectivity index (χ4n) is 2.83. The van der Waals surface area contributed by atoms with Crippen molar-refractivity contribution in [1.29, 1.82) is 0 Å². The van der Waals surface area contributed by atoms with E-state index >= 15 is 0 Å². The van der Waals surface area contributed by atoms with Crippen molar-refractivity contribution in [2.75, 3.05) is 24.3 Å². The number of carbonyl (C=O) groups is 2. The van der Waals surface area contributed by atoms with Gasteiger partial charge in [0.15, 0.2) is 0 Å². The van der Waals surface area contributed by atoms with E-state index in [1.54, 1.807) is 90.9 Å². The summed E-state index contributed by atoms with van der Waals surface area (Å²) < 4.78 is 10.8. The number of pyridine rings is 1. The van der Waals surface area contributed by atoms with Crippen LogP contribution in [0.4, 0.5) is 32.6 Å². The molecule has 1 heterocycles. The molecule has 0 saturated carbocycles. The van der Waals surface area contributed by atoms with Crippen LogP contribution in [-0.2, 0) is 16.0 Å². The van der Waals surface area contributed by atoms with Crippen molar-refractivity contribution in [2.24, 2.45) is 0 Å². The number of carbonyl (C=O) groups excluding carboxylic acids is 2. The van der Waals surface area contributed by atoms with Gasteiger partial charge >= 0.3 is 17.9 Å². The van der Waals surface area contributed by atoms with Gasteiger partial charge in [0.1, 0.15) is 17.0 Å². The lowest BCUT2D eigenvalue weighted by molar-refractivity contribution is -0.384. The summed E-state index contributed by atoms with van der Waals surface area (Å²) in [4.78, 5) is 43.5. The van der Waals surface area contributed by atoms with E-state index in [0.717, 1.165) is 4.90 Å². The van der Waals surface area contributed by atoms with Gasteiger partial charge in [0, 0.05) is 25.8 Å². The highest BCUT2D eigenvalue weighted by Gasteiger charge is 2.31. The lowest BCUT2D eigenvalue weighted by Crippen LogP contribution is -2.43. The van der Waals surface area contributed by atoms with Gasteiger partial charge in [-0.2, -0.15) is 0 Å². The number of anilines is 3. The van der Waals surface area contributed by atoms with Crippen LogP contribution >= 0.6 is 0 Å². The first-order valence-corrected chi connectivity index (χ1v) is 11.0. The zero-order chi connectivity index (χ0) is 26.6. The first kappa shape index (κ1) is 27.4. The third-order valence-electron chi connectivity index (χ3n) is 4.27. The maximum absolute atomic E-state index is 12.8. The molecule has 0 aliphatic rings. The van der Waals surface area contributed by atoms with Crippen LogP contribution in [0.2, 0.25) is 0 Å². The van der Waals surface area contributed by atoms with Crippen LogP contribution in [0.15, 0.2) is 36.4 Å². The monoisotopic (exact) mass is 487 g/mol. The topological polar surface area (TPSA) is 127 Å². The average molecular weight is 488 g/mol. The number of hydrogen-bond donors (Lipinski definition) is 1. The molecular weight excluding hydrogens is 454 g/mol. The van der Waals surface area contributed by atoms with Gasteiger partial charge in [-0.1, -0.05) is 12.1 Å². The second-order valence-electron chi connectivity index (χ2n) is 10.1. The molecule has 190 valence electrons. The number of rotatable bonds is 6. The zero-order valence-corrected chi connectivity index (χ0v) is 21.4. The van der Waals surface area contributed by atoms with Crippen LogP contribution in [0.1, 0.15) is 47.1 Å². The van der Waals surface area contributed by atoms with Gasteiger partial charge in [-0.05, 0) is 65.3 Å². The number of ether oxygens (including phenoxy) is 2. The van der Waals surface area contributed by atoms with E-state index in [1.165, 1.54) is 6.07 Å². The highest BCUT2D eigenvalue weighted by atomic mass is 16.6. The molecule has 0 spiro atoms. The van der Waals surface area contributed by atoms with Gasteiger partial charge in [-0.25, -0.2) is 19.5 Å². The molecule has 1 N–H and O–H groups in total. The number of nitrogens with one attached hydrogen (secondary N) is 1. The Morgan fingerprint density at radius 3 is 2.06 bits per heavy atom. The van der Waals surface area contributed by atoms with Crippen LogP contribution in [0, 0.1) is 10.1 Å². The summed E-state index contributed by atoms with van der Waals surface area (Å²) in [5, 5.41) is 14.5. The van der Waals surface area contributed by atoms with E-state index in [9.17, 15) is 19.7 Å². The van der Waals surface area contributed by atoms with E-state index in [-0.39, 0.29) is 18.1 Å². The van der Waals surface area contributed by atoms with Crippen molar-refractivity contribution in [3.05, 3.63) is 52.1 Å². The number of aromatic nitrogens is 1. The van der Waals surface area contributed by atoms with Crippen molar-refractivity contribution < 1.29 is 24.0 Å². The summed E-state index contributed by atoms with van der Waals surface area (Å²) in [6, 6.07) is 9.70. The molecule has 0 aliphatic heterocycles. The van der Waals surface area contributed by atoms with Crippen LogP contribution in [0.25, 0.3) is 0 Å². The van der Waals surface area contributed by atoms with Gasteiger partial charge < -0.3 is 19.7 Å². The number of nitro groups is 1. The summed E-state index contributed by atoms with van der Waals surface area (Å²) in [7, 11) is 3.56. The molecule has 0 atom stereocenters. The normalized spacial score (nSPS) is 11.4. The van der Waals surface area contributed by atoms with Crippen molar-refractivity contribution in [3.8, 4) is 0 Å². The van der Waals surface area contributed by atoms with Crippen LogP contribution in [-0.4, -0.2) is 52.3 Å². The van der Waals surface area contributed by atoms with Gasteiger partial charge in [-0.3, -0.25) is 10.1 Å². The third-order valence-corrected chi connectivity index (χ3v) is 4.27. The van der Waals surface area contributed by atoms with Crippen LogP contribution in [0.3, 0.4) is 0 Å². The minimum absolute atomic E-state index is 0.0643. The number of benzene rings is 1. The molecule has 1 aromatic carbocycles. The fraction of sp³-hybridized carbons (Fsp3) is 0.458. The number of amides is 2. The Morgan fingerprint density at radius 1 is 1.00 bits per heavy atom. The van der Waals surface area contributed by atoms with E-state index in [4.69, 9.17) is 9.47 Å². The maximum Gasteiger partial charge on any atom is 0.420 e. The molecule has 2 amide bonds. The Balaban J connectivity index is 2.36. The molecule has 0 radical (unpaired) electrons. The van der Waals surface area contributed by atoms with E-state index in [0.29, 0.717) is 17.1 Å². The largest absolute Gasteiger partial charge is 0.443 e. The second kappa shape index (κ2) is 10.6. The minimum atomic E-state index is -0.846. The predicted molar refractivity (Wildman–Crippen MR) is 133 cm³/mol. The second-order valence-corrected chi connectivity index (χ2v) is 10.1. The standard InChI is InChI=1S/C24H33N5O6/c1-23(2,3)34-21(30)28(22(31)35-24(4,5)6)15-16-10-9-11-17(14-16)25-20-18(29(32)33)12-13-19(26-20)27(7)8/h9-14H,15H2,1-8H3,(H,25,26). The molecule has 0 bridgehead atoms. The Bertz CT molecular complexity index is 1060. The molecule has 0 aliphatic carbocycles. The molecule has 1 aromatic heterocycles. The minimum Gasteiger partial charge on any atom is -0.443 e. The van der Waals surface area contributed by atoms with Gasteiger partial charge in [-0.15, -0.1) is 0 Å². The van der Waals surface area contributed by atoms with E-state index in [2.05, 4.69) is 10.3 Å². The molecular formula is C24H33N5O6. The van der Waals surface area contributed by atoms with Gasteiger partial charge in [0.05, 0.1) is 11.5 Å². The molecule has 11 heteroatoms. The molecule has 2 rings (SSSR count). The Hall–Kier alpha value is -3.89. The SMILES string of the molecule is CN(C)c1ccc([N+](=O)[O-])c(Nc2cccc(CN(C(=O)OC(C)(C)C)C(=O)OC(C)(C)C)c2)n1. The molecule has 0 unspecified atom stereocenters.